The highest BCUT2D eigenvalue weighted by atomic mass is 19.4. The van der Waals surface area contributed by atoms with E-state index in [1.807, 2.05) is 42.6 Å². The number of alkyl halides is 3. The van der Waals surface area contributed by atoms with Crippen LogP contribution in [-0.2, 0) is 9.53 Å². The third-order valence-electron chi connectivity index (χ3n) is 4.10. The molecule has 1 aliphatic rings. The molecular formula is C19H20F3N3O2. The maximum absolute atomic E-state index is 12.5. The van der Waals surface area contributed by atoms with Gasteiger partial charge in [-0.1, -0.05) is 37.3 Å². The third kappa shape index (κ3) is 5.29. The van der Waals surface area contributed by atoms with Crippen molar-refractivity contribution in [1.82, 2.24) is 5.32 Å². The molecule has 2 unspecified atom stereocenters. The molecule has 0 aliphatic carbocycles. The minimum atomic E-state index is -4.42. The van der Waals surface area contributed by atoms with Gasteiger partial charge in [-0.3, -0.25) is 15.2 Å². The lowest BCUT2D eigenvalue weighted by atomic mass is 9.83. The zero-order chi connectivity index (χ0) is 20.0. The minimum Gasteiger partial charge on any atom is -0.491 e. The number of benzene rings is 1. The normalized spacial score (nSPS) is 20.0. The summed E-state index contributed by atoms with van der Waals surface area (Å²) < 4.78 is 41.6. The maximum atomic E-state index is 12.5. The van der Waals surface area contributed by atoms with Gasteiger partial charge in [-0.15, -0.1) is 0 Å². The summed E-state index contributed by atoms with van der Waals surface area (Å²) in [5.74, 6) is -1.42. The summed E-state index contributed by atoms with van der Waals surface area (Å²) in [6.45, 7) is 0.544. The molecule has 1 aromatic carbocycles. The van der Waals surface area contributed by atoms with Gasteiger partial charge < -0.3 is 10.1 Å². The second kappa shape index (κ2) is 8.66. The highest BCUT2D eigenvalue weighted by Gasteiger charge is 2.31. The fourth-order valence-electron chi connectivity index (χ4n) is 2.73. The molecule has 0 fully saturated rings. The van der Waals surface area contributed by atoms with Gasteiger partial charge in [0.1, 0.15) is 12.3 Å². The largest absolute Gasteiger partial charge is 0.491 e. The number of rotatable bonds is 7. The van der Waals surface area contributed by atoms with E-state index < -0.39 is 18.5 Å². The van der Waals surface area contributed by atoms with Gasteiger partial charge in [-0.05, 0) is 17.2 Å². The predicted molar refractivity (Wildman–Crippen MR) is 96.8 cm³/mol. The Hall–Kier alpha value is -2.90. The van der Waals surface area contributed by atoms with Crippen LogP contribution in [0.1, 0.15) is 18.5 Å². The van der Waals surface area contributed by atoms with Gasteiger partial charge in [0.25, 0.3) is 0 Å². The van der Waals surface area contributed by atoms with Crippen molar-refractivity contribution < 1.29 is 22.7 Å². The van der Waals surface area contributed by atoms with E-state index in [1.165, 1.54) is 13.3 Å². The number of hydrogen-bond acceptors (Lipinski definition) is 5. The molecule has 0 saturated heterocycles. The summed E-state index contributed by atoms with van der Waals surface area (Å²) in [5.41, 5.74) is 1.06. The number of ketones is 1. The van der Waals surface area contributed by atoms with Crippen molar-refractivity contribution in [1.29, 1.82) is 5.41 Å². The van der Waals surface area contributed by atoms with E-state index in [9.17, 15) is 18.0 Å². The zero-order valence-corrected chi connectivity index (χ0v) is 14.9. The first-order chi connectivity index (χ1) is 12.7. The Labute approximate surface area is 155 Å². The van der Waals surface area contributed by atoms with Crippen LogP contribution < -0.4 is 5.32 Å². The molecule has 8 heteroatoms. The van der Waals surface area contributed by atoms with Gasteiger partial charge in [0, 0.05) is 18.3 Å². The van der Waals surface area contributed by atoms with Crippen LogP contribution in [0.25, 0.3) is 0 Å². The van der Waals surface area contributed by atoms with Crippen LogP contribution in [0, 0.1) is 11.3 Å². The molecule has 0 bridgehead atoms. The fourth-order valence-corrected chi connectivity index (χ4v) is 2.73. The van der Waals surface area contributed by atoms with Crippen molar-refractivity contribution in [3.8, 4) is 0 Å². The van der Waals surface area contributed by atoms with Crippen LogP contribution in [0.3, 0.4) is 0 Å². The van der Waals surface area contributed by atoms with E-state index in [2.05, 4.69) is 4.99 Å². The Morgan fingerprint density at radius 2 is 2.00 bits per heavy atom. The van der Waals surface area contributed by atoms with E-state index in [-0.39, 0.29) is 23.4 Å². The highest BCUT2D eigenvalue weighted by Crippen LogP contribution is 2.34. The van der Waals surface area contributed by atoms with Crippen LogP contribution in [0.15, 0.2) is 58.9 Å². The lowest BCUT2D eigenvalue weighted by Crippen LogP contribution is -2.29. The maximum Gasteiger partial charge on any atom is 0.405 e. The molecule has 2 atom stereocenters. The Bertz CT molecular complexity index is 783. The van der Waals surface area contributed by atoms with Crippen molar-refractivity contribution in [2.45, 2.75) is 19.1 Å². The highest BCUT2D eigenvalue weighted by molar-refractivity contribution is 6.50. The van der Waals surface area contributed by atoms with Crippen LogP contribution in [0.2, 0.25) is 0 Å². The number of carbonyl (C=O) groups excluding carboxylic acids is 1. The first kappa shape index (κ1) is 20.4. The molecule has 2 rings (SSSR count). The molecule has 27 heavy (non-hydrogen) atoms. The van der Waals surface area contributed by atoms with Crippen molar-refractivity contribution in [3.63, 3.8) is 0 Å². The van der Waals surface area contributed by atoms with Gasteiger partial charge in [0.15, 0.2) is 5.76 Å². The zero-order valence-electron chi connectivity index (χ0n) is 14.9. The second-order valence-corrected chi connectivity index (χ2v) is 5.98. The van der Waals surface area contributed by atoms with Gasteiger partial charge in [-0.25, -0.2) is 0 Å². The number of Topliss-reactive ketones (excluding diaryl/α,β-unsaturated/α-hetero) is 1. The number of halogens is 3. The first-order valence-corrected chi connectivity index (χ1v) is 8.21. The summed E-state index contributed by atoms with van der Waals surface area (Å²) in [6, 6.07) is 9.21. The number of aliphatic imine (C=N–C) groups is 1. The van der Waals surface area contributed by atoms with Crippen LogP contribution in [0.5, 0.6) is 0 Å². The topological polar surface area (TPSA) is 74.5 Å². The predicted octanol–water partition coefficient (Wildman–Crippen LogP) is 3.60. The summed E-state index contributed by atoms with van der Waals surface area (Å²) in [4.78, 5) is 16.9. The van der Waals surface area contributed by atoms with Gasteiger partial charge in [0.2, 0.25) is 5.78 Å². The second-order valence-electron chi connectivity index (χ2n) is 5.98. The van der Waals surface area contributed by atoms with E-state index in [4.69, 9.17) is 10.1 Å². The molecule has 2 N–H and O–H groups in total. The number of nitrogens with zero attached hydrogens (tertiary/aromatic N) is 1. The SMILES string of the molecule is CO/C(=C/NCC(F)(F)F)C(=O)C(=N)C1=CC=NC(c2ccccc2)C1C. The molecule has 0 saturated carbocycles. The molecule has 0 amide bonds. The first-order valence-electron chi connectivity index (χ1n) is 8.21. The van der Waals surface area contributed by atoms with Crippen molar-refractivity contribution >= 4 is 17.7 Å². The molecule has 144 valence electrons. The summed E-state index contributed by atoms with van der Waals surface area (Å²) in [6.07, 6.45) is -0.486. The van der Waals surface area contributed by atoms with Crippen LogP contribution in [-0.4, -0.2) is 37.5 Å². The number of methoxy groups -OCH3 is 1. The molecular weight excluding hydrogens is 359 g/mol. The van der Waals surface area contributed by atoms with Crippen molar-refractivity contribution in [3.05, 3.63) is 59.5 Å². The number of allylic oxidation sites excluding steroid dienone is 2. The average Bonchev–Trinajstić information content (AvgIpc) is 2.64. The monoisotopic (exact) mass is 379 g/mol. The van der Waals surface area contributed by atoms with Gasteiger partial charge in [0.05, 0.1) is 13.2 Å². The summed E-state index contributed by atoms with van der Waals surface area (Å²) >= 11 is 0. The smallest absolute Gasteiger partial charge is 0.405 e. The molecule has 1 aromatic rings. The lowest BCUT2D eigenvalue weighted by Gasteiger charge is -2.26. The Balaban J connectivity index is 2.15. The molecule has 0 spiro atoms. The molecule has 1 aliphatic heterocycles. The molecule has 1 heterocycles. The van der Waals surface area contributed by atoms with Crippen molar-refractivity contribution in [2.24, 2.45) is 10.9 Å². The standard InChI is InChI=1S/C19H20F3N3O2/c1-12-14(8-9-25-17(12)13-6-4-3-5-7-13)16(23)18(26)15(27-2)10-24-11-19(20,21)22/h3-10,12,17,23-24H,11H2,1-2H3/b15-10+,23-16?. The minimum absolute atomic E-state index is 0.252. The molecule has 5 nitrogen and oxygen atoms in total. The Morgan fingerprint density at radius 1 is 1.33 bits per heavy atom. The quantitative estimate of drug-likeness (QED) is 0.432. The molecule has 0 aromatic heterocycles. The number of nitrogens with one attached hydrogen (secondary N) is 2. The van der Waals surface area contributed by atoms with E-state index in [1.54, 1.807) is 6.08 Å². The van der Waals surface area contributed by atoms with Crippen LogP contribution in [0.4, 0.5) is 13.2 Å². The molecule has 0 radical (unpaired) electrons. The number of ether oxygens (including phenoxy) is 1. The van der Waals surface area contributed by atoms with Crippen molar-refractivity contribution in [2.75, 3.05) is 13.7 Å². The van der Waals surface area contributed by atoms with Gasteiger partial charge in [-0.2, -0.15) is 13.2 Å². The fraction of sp³-hybridized carbons (Fsp3) is 0.316. The third-order valence-corrected chi connectivity index (χ3v) is 4.10. The average molecular weight is 379 g/mol. The summed E-state index contributed by atoms with van der Waals surface area (Å²) in [7, 11) is 1.17. The van der Waals surface area contributed by atoms with Gasteiger partial charge >= 0.3 is 6.18 Å². The van der Waals surface area contributed by atoms with Crippen LogP contribution >= 0.6 is 0 Å². The number of hydrogen-bond donors (Lipinski definition) is 2. The number of carbonyl (C=O) groups is 1. The lowest BCUT2D eigenvalue weighted by molar-refractivity contribution is -0.123. The Kier molecular flexibility index (Phi) is 6.55. The number of dihydropyridines is 1. The van der Waals surface area contributed by atoms with E-state index in [0.29, 0.717) is 5.57 Å². The Morgan fingerprint density at radius 3 is 2.59 bits per heavy atom. The van der Waals surface area contributed by atoms with E-state index >= 15 is 0 Å². The summed E-state index contributed by atoms with van der Waals surface area (Å²) in [5, 5.41) is 10.2. The van der Waals surface area contributed by atoms with E-state index in [0.717, 1.165) is 11.8 Å².